The van der Waals surface area contributed by atoms with E-state index in [0.29, 0.717) is 0 Å². The number of nitrogens with two attached hydrogens (primary N) is 1. The van der Waals surface area contributed by atoms with Gasteiger partial charge in [-0.3, -0.25) is 4.79 Å². The molecular formula is C11H11N3O2. The molecule has 0 aliphatic heterocycles. The van der Waals surface area contributed by atoms with Crippen LogP contribution in [0.5, 0.6) is 0 Å². The van der Waals surface area contributed by atoms with Crippen LogP contribution >= 0.6 is 0 Å². The smallest absolute Gasteiger partial charge is 0.305 e. The van der Waals surface area contributed by atoms with Crippen LogP contribution in [0.4, 0.5) is 0 Å². The number of benzene rings is 1. The number of carboxylic acid groups (broad SMARTS) is 1. The summed E-state index contributed by atoms with van der Waals surface area (Å²) in [5.74, 6) is -0.902. The van der Waals surface area contributed by atoms with Gasteiger partial charge in [0, 0.05) is 16.8 Å². The van der Waals surface area contributed by atoms with Gasteiger partial charge in [-0.1, -0.05) is 12.1 Å². The Morgan fingerprint density at radius 3 is 2.69 bits per heavy atom. The van der Waals surface area contributed by atoms with E-state index in [1.807, 2.05) is 18.2 Å². The van der Waals surface area contributed by atoms with E-state index < -0.39 is 12.0 Å². The zero-order chi connectivity index (χ0) is 11.5. The van der Waals surface area contributed by atoms with E-state index in [4.69, 9.17) is 10.8 Å². The van der Waals surface area contributed by atoms with Crippen LogP contribution in [0.15, 0.2) is 30.6 Å². The quantitative estimate of drug-likeness (QED) is 0.803. The molecule has 1 atom stereocenters. The lowest BCUT2D eigenvalue weighted by molar-refractivity contribution is -0.137. The van der Waals surface area contributed by atoms with E-state index in [9.17, 15) is 4.79 Å². The number of hydrogen-bond donors (Lipinski definition) is 2. The van der Waals surface area contributed by atoms with Gasteiger partial charge in [-0.05, 0) is 11.6 Å². The number of aromatic nitrogens is 2. The van der Waals surface area contributed by atoms with Gasteiger partial charge in [0.05, 0.1) is 18.8 Å². The second-order valence-corrected chi connectivity index (χ2v) is 3.58. The second kappa shape index (κ2) is 4.24. The molecule has 1 unspecified atom stereocenters. The standard InChI is InChI=1S/C11H11N3O2/c12-10(4-11(15)16)7-1-2-8-5-13-14-6-9(8)3-7/h1-3,5-6,10H,4,12H2,(H,15,16). The summed E-state index contributed by atoms with van der Waals surface area (Å²) in [4.78, 5) is 10.5. The minimum absolute atomic E-state index is 0.0793. The molecule has 1 aromatic carbocycles. The molecule has 0 saturated carbocycles. The minimum Gasteiger partial charge on any atom is -0.481 e. The van der Waals surface area contributed by atoms with E-state index in [1.54, 1.807) is 12.4 Å². The average molecular weight is 217 g/mol. The van der Waals surface area contributed by atoms with Crippen LogP contribution < -0.4 is 5.73 Å². The molecular weight excluding hydrogens is 206 g/mol. The fourth-order valence-electron chi connectivity index (χ4n) is 1.55. The summed E-state index contributed by atoms with van der Waals surface area (Å²) in [6, 6.07) is 5.03. The number of hydrogen-bond acceptors (Lipinski definition) is 4. The maximum atomic E-state index is 10.5. The predicted octanol–water partition coefficient (Wildman–Crippen LogP) is 1.10. The Morgan fingerprint density at radius 1 is 1.31 bits per heavy atom. The average Bonchev–Trinajstić information content (AvgIpc) is 2.27. The van der Waals surface area contributed by atoms with Crippen molar-refractivity contribution >= 4 is 16.7 Å². The van der Waals surface area contributed by atoms with Crippen LogP contribution in [0.1, 0.15) is 18.0 Å². The van der Waals surface area contributed by atoms with Crippen molar-refractivity contribution in [1.82, 2.24) is 10.2 Å². The number of aliphatic carboxylic acids is 1. The first-order chi connectivity index (χ1) is 7.66. The molecule has 2 rings (SSSR count). The van der Waals surface area contributed by atoms with Gasteiger partial charge in [-0.2, -0.15) is 10.2 Å². The second-order valence-electron chi connectivity index (χ2n) is 3.58. The fraction of sp³-hybridized carbons (Fsp3) is 0.182. The molecule has 0 radical (unpaired) electrons. The topological polar surface area (TPSA) is 89.1 Å². The van der Waals surface area contributed by atoms with Gasteiger partial charge in [0.15, 0.2) is 0 Å². The van der Waals surface area contributed by atoms with Gasteiger partial charge >= 0.3 is 5.97 Å². The summed E-state index contributed by atoms with van der Waals surface area (Å²) in [7, 11) is 0. The minimum atomic E-state index is -0.902. The van der Waals surface area contributed by atoms with Crippen molar-refractivity contribution in [3.63, 3.8) is 0 Å². The lowest BCUT2D eigenvalue weighted by Crippen LogP contribution is -2.14. The highest BCUT2D eigenvalue weighted by Crippen LogP contribution is 2.19. The number of carbonyl (C=O) groups is 1. The lowest BCUT2D eigenvalue weighted by atomic mass is 10.0. The highest BCUT2D eigenvalue weighted by atomic mass is 16.4. The van der Waals surface area contributed by atoms with Crippen molar-refractivity contribution in [1.29, 1.82) is 0 Å². The van der Waals surface area contributed by atoms with Gasteiger partial charge in [0.25, 0.3) is 0 Å². The molecule has 0 aliphatic rings. The summed E-state index contributed by atoms with van der Waals surface area (Å²) in [5.41, 5.74) is 6.56. The first-order valence-electron chi connectivity index (χ1n) is 4.84. The van der Waals surface area contributed by atoms with Crippen LogP contribution in [-0.2, 0) is 4.79 Å². The van der Waals surface area contributed by atoms with E-state index in [0.717, 1.165) is 16.3 Å². The maximum absolute atomic E-state index is 10.5. The van der Waals surface area contributed by atoms with Crippen LogP contribution in [0.25, 0.3) is 10.8 Å². The molecule has 5 nitrogen and oxygen atoms in total. The van der Waals surface area contributed by atoms with Gasteiger partial charge in [0.2, 0.25) is 0 Å². The number of carboxylic acids is 1. The van der Waals surface area contributed by atoms with Gasteiger partial charge < -0.3 is 10.8 Å². The molecule has 2 aromatic rings. The third kappa shape index (κ3) is 2.14. The molecule has 0 bridgehead atoms. The number of fused-ring (bicyclic) bond motifs is 1. The molecule has 0 amide bonds. The van der Waals surface area contributed by atoms with E-state index in [1.165, 1.54) is 0 Å². The summed E-state index contributed by atoms with van der Waals surface area (Å²) >= 11 is 0. The molecule has 82 valence electrons. The zero-order valence-corrected chi connectivity index (χ0v) is 8.50. The Labute approximate surface area is 91.9 Å². The van der Waals surface area contributed by atoms with E-state index >= 15 is 0 Å². The van der Waals surface area contributed by atoms with Gasteiger partial charge in [-0.15, -0.1) is 0 Å². The maximum Gasteiger partial charge on any atom is 0.305 e. The molecule has 1 heterocycles. The summed E-state index contributed by atoms with van der Waals surface area (Å²) in [5, 5.41) is 18.1. The summed E-state index contributed by atoms with van der Waals surface area (Å²) in [6.45, 7) is 0. The van der Waals surface area contributed by atoms with E-state index in [2.05, 4.69) is 10.2 Å². The van der Waals surface area contributed by atoms with Crippen LogP contribution in [0.3, 0.4) is 0 Å². The fourth-order valence-corrected chi connectivity index (χ4v) is 1.55. The SMILES string of the molecule is NC(CC(=O)O)c1ccc2cnncc2c1. The summed E-state index contributed by atoms with van der Waals surface area (Å²) in [6.07, 6.45) is 3.21. The van der Waals surface area contributed by atoms with Crippen LogP contribution in [0.2, 0.25) is 0 Å². The third-order valence-corrected chi connectivity index (χ3v) is 2.39. The predicted molar refractivity (Wildman–Crippen MR) is 58.7 cm³/mol. The zero-order valence-electron chi connectivity index (χ0n) is 8.50. The van der Waals surface area contributed by atoms with Crippen molar-refractivity contribution < 1.29 is 9.90 Å². The van der Waals surface area contributed by atoms with Gasteiger partial charge in [-0.25, -0.2) is 0 Å². The van der Waals surface area contributed by atoms with Crippen molar-refractivity contribution in [3.8, 4) is 0 Å². The number of nitrogens with zero attached hydrogens (tertiary/aromatic N) is 2. The van der Waals surface area contributed by atoms with Crippen molar-refractivity contribution in [2.24, 2.45) is 5.73 Å². The largest absolute Gasteiger partial charge is 0.481 e. The molecule has 0 saturated heterocycles. The van der Waals surface area contributed by atoms with Crippen LogP contribution in [-0.4, -0.2) is 21.3 Å². The Balaban J connectivity index is 2.35. The molecule has 3 N–H and O–H groups in total. The first kappa shape index (κ1) is 10.5. The van der Waals surface area contributed by atoms with Crippen molar-refractivity contribution in [2.75, 3.05) is 0 Å². The Kier molecular flexibility index (Phi) is 2.78. The van der Waals surface area contributed by atoms with Crippen molar-refractivity contribution in [3.05, 3.63) is 36.2 Å². The molecule has 1 aromatic heterocycles. The van der Waals surface area contributed by atoms with E-state index in [-0.39, 0.29) is 6.42 Å². The highest BCUT2D eigenvalue weighted by molar-refractivity contribution is 5.81. The van der Waals surface area contributed by atoms with Gasteiger partial charge in [0.1, 0.15) is 0 Å². The molecule has 0 aliphatic carbocycles. The molecule has 16 heavy (non-hydrogen) atoms. The summed E-state index contributed by atoms with van der Waals surface area (Å²) < 4.78 is 0. The van der Waals surface area contributed by atoms with Crippen molar-refractivity contribution in [2.45, 2.75) is 12.5 Å². The normalized spacial score (nSPS) is 12.6. The first-order valence-corrected chi connectivity index (χ1v) is 4.84. The molecule has 5 heteroatoms. The molecule has 0 fully saturated rings. The Morgan fingerprint density at radius 2 is 2.00 bits per heavy atom. The Bertz CT molecular complexity index is 527. The Hall–Kier alpha value is -2.01. The highest BCUT2D eigenvalue weighted by Gasteiger charge is 2.10. The van der Waals surface area contributed by atoms with Crippen LogP contribution in [0, 0.1) is 0 Å². The third-order valence-electron chi connectivity index (χ3n) is 2.39. The molecule has 0 spiro atoms. The monoisotopic (exact) mass is 217 g/mol. The lowest BCUT2D eigenvalue weighted by Gasteiger charge is -2.09. The number of rotatable bonds is 3.